The van der Waals surface area contributed by atoms with E-state index in [2.05, 4.69) is 30.6 Å². The van der Waals surface area contributed by atoms with Crippen molar-refractivity contribution < 1.29 is 30.7 Å². The Morgan fingerprint density at radius 3 is 2.41 bits per heavy atom. The minimum Gasteiger partial charge on any atom is -0.363 e. The molecule has 0 spiro atoms. The van der Waals surface area contributed by atoms with Crippen molar-refractivity contribution in [2.24, 2.45) is 0 Å². The lowest BCUT2D eigenvalue weighted by molar-refractivity contribution is -0.145. The summed E-state index contributed by atoms with van der Waals surface area (Å²) in [5.41, 5.74) is 0.347. The van der Waals surface area contributed by atoms with E-state index in [0.717, 1.165) is 12.4 Å². The molecular formula is C25H22F4N6O3S. The Balaban J connectivity index is 1.61. The molecule has 2 N–H and O–H groups in total. The standard InChI is InChI=1S/C25H22F4N6O3S/c1-14(17-10-31-24(32-11-17)25(27,28)29)35-23-19-8-16(15-2-4-18(26)5-3-15)9-20(22(19)33-13-34-23)39(36,37)21-12-30-6-7-38-21/h2-5,8-11,13-14,21,30H,6-7,12H2,1H3,(H,33,34,35). The Kier molecular flexibility index (Phi) is 7.18. The lowest BCUT2D eigenvalue weighted by atomic mass is 10.0. The number of morpholine rings is 1. The van der Waals surface area contributed by atoms with Gasteiger partial charge in [0.25, 0.3) is 0 Å². The van der Waals surface area contributed by atoms with E-state index in [4.69, 9.17) is 4.74 Å². The molecule has 4 aromatic rings. The number of hydrogen-bond donors (Lipinski definition) is 2. The first-order valence-electron chi connectivity index (χ1n) is 11.8. The van der Waals surface area contributed by atoms with Crippen LogP contribution in [0.15, 0.2) is 60.0 Å². The van der Waals surface area contributed by atoms with E-state index in [0.29, 0.717) is 28.6 Å². The second kappa shape index (κ2) is 10.4. The fraction of sp³-hybridized carbons (Fsp3) is 0.280. The Morgan fingerprint density at radius 2 is 1.77 bits per heavy atom. The van der Waals surface area contributed by atoms with Gasteiger partial charge in [-0.1, -0.05) is 12.1 Å². The van der Waals surface area contributed by atoms with Gasteiger partial charge in [0.15, 0.2) is 5.44 Å². The number of benzene rings is 2. The van der Waals surface area contributed by atoms with Crippen LogP contribution in [0.3, 0.4) is 0 Å². The van der Waals surface area contributed by atoms with Gasteiger partial charge in [-0.15, -0.1) is 0 Å². The second-order valence-electron chi connectivity index (χ2n) is 8.85. The van der Waals surface area contributed by atoms with Crippen molar-refractivity contribution in [3.8, 4) is 11.1 Å². The van der Waals surface area contributed by atoms with Crippen molar-refractivity contribution in [1.82, 2.24) is 25.3 Å². The summed E-state index contributed by atoms with van der Waals surface area (Å²) in [5, 5.41) is 6.44. The maximum Gasteiger partial charge on any atom is 0.451 e. The molecule has 2 aromatic carbocycles. The molecule has 2 unspecified atom stereocenters. The van der Waals surface area contributed by atoms with Gasteiger partial charge in [0, 0.05) is 36.4 Å². The molecule has 1 aliphatic heterocycles. The van der Waals surface area contributed by atoms with Crippen molar-refractivity contribution in [1.29, 1.82) is 0 Å². The molecule has 9 nitrogen and oxygen atoms in total. The highest BCUT2D eigenvalue weighted by Gasteiger charge is 2.35. The monoisotopic (exact) mass is 562 g/mol. The van der Waals surface area contributed by atoms with E-state index in [1.807, 2.05) is 0 Å². The smallest absolute Gasteiger partial charge is 0.363 e. The number of nitrogens with one attached hydrogen (secondary N) is 2. The second-order valence-corrected chi connectivity index (χ2v) is 10.9. The number of rotatable bonds is 6. The SMILES string of the molecule is CC(Nc1ncnc2c(S(=O)(=O)C3CNCCO3)cc(-c3ccc(F)cc3)cc12)c1cnc(C(F)(F)F)nc1. The zero-order chi connectivity index (χ0) is 27.8. The van der Waals surface area contributed by atoms with Gasteiger partial charge in [0.05, 0.1) is 23.1 Å². The Hall–Kier alpha value is -3.75. The highest BCUT2D eigenvalue weighted by molar-refractivity contribution is 7.92. The first-order chi connectivity index (χ1) is 18.5. The van der Waals surface area contributed by atoms with Crippen LogP contribution in [0.25, 0.3) is 22.0 Å². The van der Waals surface area contributed by atoms with Crippen LogP contribution in [0.5, 0.6) is 0 Å². The van der Waals surface area contributed by atoms with Crippen LogP contribution in [0.1, 0.15) is 24.4 Å². The van der Waals surface area contributed by atoms with Crippen molar-refractivity contribution in [2.45, 2.75) is 29.5 Å². The van der Waals surface area contributed by atoms with E-state index < -0.39 is 39.1 Å². The van der Waals surface area contributed by atoms with E-state index in [1.165, 1.54) is 36.7 Å². The molecule has 0 saturated carbocycles. The molecule has 1 fully saturated rings. The van der Waals surface area contributed by atoms with Crippen molar-refractivity contribution in [3.05, 3.63) is 72.3 Å². The summed E-state index contributed by atoms with van der Waals surface area (Å²) in [7, 11) is -4.05. The number of sulfone groups is 1. The van der Waals surface area contributed by atoms with E-state index in [9.17, 15) is 26.0 Å². The van der Waals surface area contributed by atoms with Crippen LogP contribution < -0.4 is 10.6 Å². The van der Waals surface area contributed by atoms with Gasteiger partial charge in [-0.25, -0.2) is 32.7 Å². The van der Waals surface area contributed by atoms with E-state index in [-0.39, 0.29) is 29.4 Å². The summed E-state index contributed by atoms with van der Waals surface area (Å²) in [6.07, 6.45) is -1.36. The quantitative estimate of drug-likeness (QED) is 0.334. The summed E-state index contributed by atoms with van der Waals surface area (Å²) in [6, 6.07) is 8.08. The van der Waals surface area contributed by atoms with Crippen molar-refractivity contribution in [3.63, 3.8) is 0 Å². The summed E-state index contributed by atoms with van der Waals surface area (Å²) >= 11 is 0. The molecule has 2 aromatic heterocycles. The minimum atomic E-state index is -4.67. The molecular weight excluding hydrogens is 540 g/mol. The molecule has 0 aliphatic carbocycles. The lowest BCUT2D eigenvalue weighted by Gasteiger charge is -2.24. The normalized spacial score (nSPS) is 17.2. The van der Waals surface area contributed by atoms with Gasteiger partial charge < -0.3 is 15.4 Å². The fourth-order valence-corrected chi connectivity index (χ4v) is 5.77. The van der Waals surface area contributed by atoms with Crippen LogP contribution >= 0.6 is 0 Å². The Bertz CT molecular complexity index is 1590. The highest BCUT2D eigenvalue weighted by Crippen LogP contribution is 2.35. The van der Waals surface area contributed by atoms with Crippen LogP contribution in [0.4, 0.5) is 23.4 Å². The number of aromatic nitrogens is 4. The molecule has 0 amide bonds. The van der Waals surface area contributed by atoms with Gasteiger partial charge in [0.2, 0.25) is 15.7 Å². The molecule has 1 saturated heterocycles. The molecule has 3 heterocycles. The van der Waals surface area contributed by atoms with Crippen molar-refractivity contribution in [2.75, 3.05) is 25.0 Å². The summed E-state index contributed by atoms with van der Waals surface area (Å²) in [5.74, 6) is -1.48. The largest absolute Gasteiger partial charge is 0.451 e. The van der Waals surface area contributed by atoms with Gasteiger partial charge in [-0.05, 0) is 42.3 Å². The van der Waals surface area contributed by atoms with Gasteiger partial charge in [0.1, 0.15) is 18.0 Å². The van der Waals surface area contributed by atoms with Crippen LogP contribution in [-0.2, 0) is 20.8 Å². The topological polar surface area (TPSA) is 119 Å². The van der Waals surface area contributed by atoms with Gasteiger partial charge in [-0.3, -0.25) is 0 Å². The van der Waals surface area contributed by atoms with Gasteiger partial charge in [-0.2, -0.15) is 13.2 Å². The zero-order valence-electron chi connectivity index (χ0n) is 20.4. The average molecular weight is 563 g/mol. The fourth-order valence-electron chi connectivity index (χ4n) is 4.16. The number of nitrogens with zero attached hydrogens (tertiary/aromatic N) is 4. The highest BCUT2D eigenvalue weighted by atomic mass is 32.2. The molecule has 2 atom stereocenters. The minimum absolute atomic E-state index is 0.0890. The number of alkyl halides is 3. The number of hydrogen-bond acceptors (Lipinski definition) is 9. The van der Waals surface area contributed by atoms with E-state index >= 15 is 0 Å². The maximum absolute atomic E-state index is 13.7. The Labute approximate surface area is 220 Å². The first kappa shape index (κ1) is 26.8. The number of ether oxygens (including phenoxy) is 1. The molecule has 204 valence electrons. The summed E-state index contributed by atoms with van der Waals surface area (Å²) < 4.78 is 85.1. The van der Waals surface area contributed by atoms with Crippen LogP contribution in [0, 0.1) is 5.82 Å². The number of fused-ring (bicyclic) bond motifs is 1. The summed E-state index contributed by atoms with van der Waals surface area (Å²) in [4.78, 5) is 15.2. The molecule has 1 aliphatic rings. The molecule has 0 bridgehead atoms. The van der Waals surface area contributed by atoms with Crippen molar-refractivity contribution >= 4 is 26.6 Å². The van der Waals surface area contributed by atoms with E-state index in [1.54, 1.807) is 13.0 Å². The lowest BCUT2D eigenvalue weighted by Crippen LogP contribution is -2.43. The third-order valence-electron chi connectivity index (χ3n) is 6.21. The molecule has 14 heteroatoms. The molecule has 0 radical (unpaired) electrons. The predicted molar refractivity (Wildman–Crippen MR) is 134 cm³/mol. The third-order valence-corrected chi connectivity index (χ3v) is 8.13. The number of halogens is 4. The van der Waals surface area contributed by atoms with Crippen LogP contribution in [-0.4, -0.2) is 53.5 Å². The predicted octanol–water partition coefficient (Wildman–Crippen LogP) is 4.14. The third kappa shape index (κ3) is 5.53. The Morgan fingerprint density at radius 1 is 1.05 bits per heavy atom. The molecule has 5 rings (SSSR count). The zero-order valence-corrected chi connectivity index (χ0v) is 21.2. The summed E-state index contributed by atoms with van der Waals surface area (Å²) in [6.45, 7) is 2.49. The molecule has 39 heavy (non-hydrogen) atoms. The van der Waals surface area contributed by atoms with Gasteiger partial charge >= 0.3 is 6.18 Å². The average Bonchev–Trinajstić information content (AvgIpc) is 2.93. The number of anilines is 1. The first-order valence-corrected chi connectivity index (χ1v) is 13.4. The maximum atomic E-state index is 13.7. The van der Waals surface area contributed by atoms with Crippen LogP contribution in [0.2, 0.25) is 0 Å².